The van der Waals surface area contributed by atoms with Gasteiger partial charge in [0.2, 0.25) is 0 Å². The molecule has 0 aliphatic carbocycles. The molecule has 0 aliphatic rings. The van der Waals surface area contributed by atoms with E-state index in [0.29, 0.717) is 17.3 Å². The van der Waals surface area contributed by atoms with Gasteiger partial charge in [0.15, 0.2) is 0 Å². The van der Waals surface area contributed by atoms with E-state index in [1.165, 1.54) is 0 Å². The second-order valence-corrected chi connectivity index (χ2v) is 2.51. The van der Waals surface area contributed by atoms with Gasteiger partial charge in [-0.05, 0) is 0 Å². The van der Waals surface area contributed by atoms with Crippen molar-refractivity contribution in [2.75, 3.05) is 37.1 Å². The van der Waals surface area contributed by atoms with E-state index >= 15 is 0 Å². The smallest absolute Gasteiger partial charge is 0.790 e. The molecule has 2 radical (unpaired) electrons. The molecule has 0 rings (SSSR count). The van der Waals surface area contributed by atoms with Crippen LogP contribution < -0.4 is 0 Å². The van der Waals surface area contributed by atoms with Gasteiger partial charge >= 0.3 is 24.4 Å². The van der Waals surface area contributed by atoms with Crippen LogP contribution in [0.5, 0.6) is 0 Å². The molecule has 0 saturated heterocycles. The Labute approximate surface area is 114 Å². The molecule has 0 saturated carbocycles. The summed E-state index contributed by atoms with van der Waals surface area (Å²) in [6.45, 7) is 0.403. The second-order valence-electron chi connectivity index (χ2n) is 1.28. The molecule has 0 fully saturated rings. The zero-order valence-electron chi connectivity index (χ0n) is 7.26. The Hall–Kier alpha value is 1.75. The van der Waals surface area contributed by atoms with E-state index in [2.05, 4.69) is 37.9 Å². The van der Waals surface area contributed by atoms with E-state index in [1.54, 1.807) is 0 Å². The van der Waals surface area contributed by atoms with Crippen LogP contribution in [0.15, 0.2) is 0 Å². The van der Waals surface area contributed by atoms with Gasteiger partial charge < -0.3 is 53.2 Å². The van der Waals surface area contributed by atoms with Crippen molar-refractivity contribution in [1.82, 2.24) is 0 Å². The van der Waals surface area contributed by atoms with Crippen LogP contribution in [0.25, 0.3) is 0 Å². The second kappa shape index (κ2) is 37.2. The first-order valence-electron chi connectivity index (χ1n) is 3.31. The molecule has 0 unspecified atom stereocenters. The summed E-state index contributed by atoms with van der Waals surface area (Å²) in [6.07, 6.45) is 0. The first kappa shape index (κ1) is 24.1. The molecule has 0 aliphatic heterocycles. The van der Waals surface area contributed by atoms with Gasteiger partial charge in [-0.1, -0.05) is 0 Å². The van der Waals surface area contributed by atoms with E-state index in [9.17, 15) is 0 Å². The van der Waals surface area contributed by atoms with E-state index in [1.807, 2.05) is 0 Å². The fourth-order valence-electron chi connectivity index (χ4n) is 0. The first-order valence-corrected chi connectivity index (χ1v) is 5.05. The van der Waals surface area contributed by atoms with Crippen LogP contribution in [0.2, 0.25) is 0 Å². The van der Waals surface area contributed by atoms with Gasteiger partial charge in [0, 0.05) is 19.8 Å². The van der Waals surface area contributed by atoms with Gasteiger partial charge in [-0.2, -0.15) is 17.3 Å². The Bertz CT molecular complexity index is 38.6. The quantitative estimate of drug-likeness (QED) is 0.411. The van der Waals surface area contributed by atoms with Crippen LogP contribution in [-0.4, -0.2) is 76.8 Å². The summed E-state index contributed by atoms with van der Waals surface area (Å²) >= 11 is 12.9. The number of rotatable bonds is 3. The molecular formula is C6H15O3S3Sb. The molecule has 0 bridgehead atoms. The normalized spacial score (nSPS) is 6.92. The number of hydrogen-bond donors (Lipinski definition) is 3. The fraction of sp³-hybridized carbons (Fsp3) is 1.00. The number of aliphatic hydroxyl groups is 3. The van der Waals surface area contributed by atoms with Crippen molar-refractivity contribution in [3.05, 3.63) is 0 Å². The minimum absolute atomic E-state index is 0. The Morgan fingerprint density at radius 2 is 0.692 bits per heavy atom. The summed E-state index contributed by atoms with van der Waals surface area (Å²) in [7, 11) is 0. The van der Waals surface area contributed by atoms with Gasteiger partial charge in [0.05, 0.1) is 0 Å². The largest absolute Gasteiger partial charge is 3.00 e. The summed E-state index contributed by atoms with van der Waals surface area (Å²) in [5.41, 5.74) is 0. The van der Waals surface area contributed by atoms with Gasteiger partial charge in [-0.3, -0.25) is 0 Å². The zero-order chi connectivity index (χ0) is 10.2. The molecular weight excluding hydrogens is 338 g/mol. The third-order valence-corrected chi connectivity index (χ3v) is 0.822. The van der Waals surface area contributed by atoms with E-state index in [0.717, 1.165) is 0 Å². The number of aliphatic hydroxyl groups excluding tert-OH is 3. The standard InChI is InChI=1S/3C2H6OS.Sb/c3*3-1-2-4;/h3*3-4H,1-2H2;/q;;;+3/p-3. The minimum atomic E-state index is 0. The molecule has 0 spiro atoms. The SMILES string of the molecule is OCC[S-].OCC[S-].OCC[S-].[Sb+3]. The Balaban J connectivity index is -0.0000000450. The third-order valence-electron chi connectivity index (χ3n) is 0.274. The fourth-order valence-corrected chi connectivity index (χ4v) is 0. The van der Waals surface area contributed by atoms with Gasteiger partial charge in [0.1, 0.15) is 0 Å². The van der Waals surface area contributed by atoms with Crippen LogP contribution in [0.3, 0.4) is 0 Å². The minimum Gasteiger partial charge on any atom is -0.790 e. The van der Waals surface area contributed by atoms with Crippen molar-refractivity contribution >= 4 is 62.3 Å². The molecule has 0 amide bonds. The van der Waals surface area contributed by atoms with E-state index in [4.69, 9.17) is 15.3 Å². The molecule has 0 atom stereocenters. The third kappa shape index (κ3) is 84.2. The maximum atomic E-state index is 7.77. The maximum absolute atomic E-state index is 7.77. The summed E-state index contributed by atoms with van der Waals surface area (Å²) in [5, 5.41) is 23.3. The summed E-state index contributed by atoms with van der Waals surface area (Å²) in [4.78, 5) is 0. The summed E-state index contributed by atoms with van der Waals surface area (Å²) < 4.78 is 0. The van der Waals surface area contributed by atoms with Gasteiger partial charge in [0.25, 0.3) is 0 Å². The van der Waals surface area contributed by atoms with E-state index < -0.39 is 0 Å². The van der Waals surface area contributed by atoms with E-state index in [-0.39, 0.29) is 44.2 Å². The van der Waals surface area contributed by atoms with Crippen molar-refractivity contribution in [3.8, 4) is 0 Å². The Morgan fingerprint density at radius 1 is 0.615 bits per heavy atom. The Morgan fingerprint density at radius 3 is 0.692 bits per heavy atom. The maximum Gasteiger partial charge on any atom is 3.00 e. The average molecular weight is 353 g/mol. The molecule has 13 heavy (non-hydrogen) atoms. The molecule has 0 heterocycles. The van der Waals surface area contributed by atoms with Crippen LogP contribution in [0.4, 0.5) is 0 Å². The van der Waals surface area contributed by atoms with Crippen LogP contribution in [0, 0.1) is 0 Å². The monoisotopic (exact) mass is 352 g/mol. The zero-order valence-corrected chi connectivity index (χ0v) is 12.3. The summed E-state index contributed by atoms with van der Waals surface area (Å²) in [6, 6.07) is 0. The van der Waals surface area contributed by atoms with Crippen LogP contribution in [-0.2, 0) is 37.9 Å². The topological polar surface area (TPSA) is 60.7 Å². The number of hydrogen-bond acceptors (Lipinski definition) is 6. The van der Waals surface area contributed by atoms with Crippen molar-refractivity contribution in [2.24, 2.45) is 0 Å². The first-order chi connectivity index (χ1) is 5.74. The van der Waals surface area contributed by atoms with Crippen molar-refractivity contribution in [3.63, 3.8) is 0 Å². The van der Waals surface area contributed by atoms with Crippen LogP contribution >= 0.6 is 0 Å². The average Bonchev–Trinajstić information content (AvgIpc) is 2.18. The molecule has 3 nitrogen and oxygen atoms in total. The van der Waals surface area contributed by atoms with Gasteiger partial charge in [-0.15, -0.1) is 0 Å². The van der Waals surface area contributed by atoms with Gasteiger partial charge in [-0.25, -0.2) is 0 Å². The predicted molar refractivity (Wildman–Crippen MR) is 63.7 cm³/mol. The Kier molecular flexibility index (Phi) is 69.1. The molecule has 80 valence electrons. The van der Waals surface area contributed by atoms with Crippen molar-refractivity contribution in [2.45, 2.75) is 0 Å². The van der Waals surface area contributed by atoms with Crippen LogP contribution in [0.1, 0.15) is 0 Å². The predicted octanol–water partition coefficient (Wildman–Crippen LogP) is -1.80. The summed E-state index contributed by atoms with van der Waals surface area (Å²) in [5.74, 6) is 1.38. The molecule has 3 N–H and O–H groups in total. The van der Waals surface area contributed by atoms with Crippen molar-refractivity contribution in [1.29, 1.82) is 0 Å². The molecule has 7 heteroatoms. The van der Waals surface area contributed by atoms with Crippen molar-refractivity contribution < 1.29 is 15.3 Å². The molecule has 0 aromatic heterocycles. The molecule has 0 aromatic rings. The molecule has 0 aromatic carbocycles.